The van der Waals surface area contributed by atoms with E-state index in [-0.39, 0.29) is 23.3 Å². The van der Waals surface area contributed by atoms with E-state index in [1.807, 2.05) is 56.3 Å². The van der Waals surface area contributed by atoms with E-state index in [0.717, 1.165) is 56.1 Å². The number of hydrogen-bond donors (Lipinski definition) is 0. The molecule has 250 valence electrons. The highest BCUT2D eigenvalue weighted by Crippen LogP contribution is 2.67. The molecule has 6 atom stereocenters. The van der Waals surface area contributed by atoms with Crippen LogP contribution in [0.2, 0.25) is 0 Å². The van der Waals surface area contributed by atoms with Gasteiger partial charge in [-0.2, -0.15) is 0 Å². The molecule has 7 heteroatoms. The zero-order chi connectivity index (χ0) is 34.0. The van der Waals surface area contributed by atoms with Crippen LogP contribution in [0.4, 0.5) is 0 Å². The quantitative estimate of drug-likeness (QED) is 0.142. The number of carbonyl (C=O) groups is 4. The van der Waals surface area contributed by atoms with Gasteiger partial charge >= 0.3 is 23.9 Å². The molecule has 6 rings (SSSR count). The minimum absolute atomic E-state index is 0.0387. The summed E-state index contributed by atoms with van der Waals surface area (Å²) in [6.45, 7) is 15.4. The van der Waals surface area contributed by atoms with Crippen LogP contribution in [-0.2, 0) is 47.6 Å². The maximum Gasteiger partial charge on any atom is 0.320 e. The lowest BCUT2D eigenvalue weighted by Crippen LogP contribution is -2.61. The molecule has 0 bridgehead atoms. The van der Waals surface area contributed by atoms with Crippen molar-refractivity contribution in [2.75, 3.05) is 0 Å². The third-order valence-corrected chi connectivity index (χ3v) is 13.1. The van der Waals surface area contributed by atoms with E-state index >= 15 is 0 Å². The molecular formula is C40H48O7. The number of aryl methyl sites for hydroxylation is 2. The Balaban J connectivity index is 1.31. The van der Waals surface area contributed by atoms with Crippen LogP contribution < -0.4 is 9.47 Å². The molecule has 2 aromatic carbocycles. The Kier molecular flexibility index (Phi) is 8.08. The first-order chi connectivity index (χ1) is 22.1. The van der Waals surface area contributed by atoms with Gasteiger partial charge in [-0.1, -0.05) is 44.9 Å². The predicted octanol–water partition coefficient (Wildman–Crippen LogP) is 7.88. The van der Waals surface area contributed by atoms with Gasteiger partial charge in [0, 0.05) is 24.7 Å². The van der Waals surface area contributed by atoms with Gasteiger partial charge in [-0.25, -0.2) is 0 Å². The van der Waals surface area contributed by atoms with Crippen LogP contribution in [-0.4, -0.2) is 23.9 Å². The summed E-state index contributed by atoms with van der Waals surface area (Å²) in [7, 11) is 0. The minimum Gasteiger partial charge on any atom is -0.427 e. The summed E-state index contributed by atoms with van der Waals surface area (Å²) < 4.78 is 17.0. The Morgan fingerprint density at radius 1 is 0.745 bits per heavy atom. The fraction of sp³-hybridized carbons (Fsp3) is 0.550. The predicted molar refractivity (Wildman–Crippen MR) is 178 cm³/mol. The lowest BCUT2D eigenvalue weighted by Gasteiger charge is -2.62. The average molecular weight is 641 g/mol. The third-order valence-electron chi connectivity index (χ3n) is 13.1. The fourth-order valence-electron chi connectivity index (χ4n) is 10.7. The Morgan fingerprint density at radius 3 is 1.96 bits per heavy atom. The minimum atomic E-state index is -0.987. The molecule has 0 amide bonds. The van der Waals surface area contributed by atoms with Gasteiger partial charge in [-0.05, 0) is 123 Å². The van der Waals surface area contributed by atoms with Gasteiger partial charge in [-0.15, -0.1) is 6.58 Å². The summed E-state index contributed by atoms with van der Waals surface area (Å²) >= 11 is 0. The number of esters is 4. The van der Waals surface area contributed by atoms with Gasteiger partial charge in [0.15, 0.2) is 0 Å². The molecule has 0 aliphatic heterocycles. The van der Waals surface area contributed by atoms with Crippen LogP contribution in [0.5, 0.6) is 11.5 Å². The SMILES string of the molecule is C=C[C@@]12CCc3ccc(OC(C)=O)cc3[C@@]1(C)CCC[C@]2(C)C(=O)OC(=O)[C@@]1(C)CCC[C@]2(C)c3cc(OC(C)=O)ccc3CC[C@@H]12. The van der Waals surface area contributed by atoms with E-state index < -0.39 is 33.6 Å². The number of allylic oxidation sites excluding steroid dienone is 1. The molecule has 0 N–H and O–H groups in total. The Labute approximate surface area is 278 Å². The van der Waals surface area contributed by atoms with E-state index in [4.69, 9.17) is 14.2 Å². The number of ether oxygens (including phenoxy) is 3. The molecule has 2 aromatic rings. The Bertz CT molecular complexity index is 1670. The molecule has 4 aliphatic carbocycles. The highest BCUT2D eigenvalue weighted by Gasteiger charge is 2.66. The lowest BCUT2D eigenvalue weighted by molar-refractivity contribution is -0.188. The van der Waals surface area contributed by atoms with Crippen LogP contribution in [0, 0.1) is 22.2 Å². The largest absolute Gasteiger partial charge is 0.427 e. The van der Waals surface area contributed by atoms with Gasteiger partial charge in [0.05, 0.1) is 10.8 Å². The second-order valence-electron chi connectivity index (χ2n) is 15.5. The van der Waals surface area contributed by atoms with Crippen molar-refractivity contribution in [1.29, 1.82) is 0 Å². The summed E-state index contributed by atoms with van der Waals surface area (Å²) in [6.07, 6.45) is 9.55. The molecule has 47 heavy (non-hydrogen) atoms. The van der Waals surface area contributed by atoms with Gasteiger partial charge < -0.3 is 14.2 Å². The molecule has 4 aliphatic rings. The monoisotopic (exact) mass is 640 g/mol. The molecule has 0 radical (unpaired) electrons. The number of hydrogen-bond acceptors (Lipinski definition) is 7. The second-order valence-corrected chi connectivity index (χ2v) is 15.5. The molecule has 2 saturated carbocycles. The van der Waals surface area contributed by atoms with Gasteiger partial charge in [0.2, 0.25) is 0 Å². The van der Waals surface area contributed by atoms with Crippen molar-refractivity contribution in [2.24, 2.45) is 22.2 Å². The molecule has 0 unspecified atom stereocenters. The van der Waals surface area contributed by atoms with Gasteiger partial charge in [0.1, 0.15) is 11.5 Å². The van der Waals surface area contributed by atoms with E-state index in [1.54, 1.807) is 0 Å². The third kappa shape index (κ3) is 4.90. The van der Waals surface area contributed by atoms with Crippen LogP contribution >= 0.6 is 0 Å². The van der Waals surface area contributed by atoms with E-state index in [0.29, 0.717) is 30.8 Å². The summed E-state index contributed by atoms with van der Waals surface area (Å²) in [5.41, 5.74) is 1.25. The molecule has 0 heterocycles. The molecule has 7 nitrogen and oxygen atoms in total. The maximum atomic E-state index is 14.6. The first kappa shape index (κ1) is 33.2. The zero-order valence-corrected chi connectivity index (χ0v) is 28.8. The first-order valence-corrected chi connectivity index (χ1v) is 17.2. The van der Waals surface area contributed by atoms with E-state index in [9.17, 15) is 19.2 Å². The summed E-state index contributed by atoms with van der Waals surface area (Å²) in [4.78, 5) is 52.5. The molecule has 2 fully saturated rings. The van der Waals surface area contributed by atoms with Crippen molar-refractivity contribution in [3.05, 3.63) is 71.3 Å². The summed E-state index contributed by atoms with van der Waals surface area (Å²) in [5, 5.41) is 0. The topological polar surface area (TPSA) is 96.0 Å². The van der Waals surface area contributed by atoms with Crippen molar-refractivity contribution in [2.45, 2.75) is 117 Å². The van der Waals surface area contributed by atoms with Crippen molar-refractivity contribution in [3.63, 3.8) is 0 Å². The van der Waals surface area contributed by atoms with Gasteiger partial charge in [-0.3, -0.25) is 19.2 Å². The zero-order valence-electron chi connectivity index (χ0n) is 28.8. The van der Waals surface area contributed by atoms with Crippen LogP contribution in [0.1, 0.15) is 115 Å². The number of rotatable bonds is 5. The van der Waals surface area contributed by atoms with E-state index in [1.165, 1.54) is 25.0 Å². The fourth-order valence-corrected chi connectivity index (χ4v) is 10.7. The summed E-state index contributed by atoms with van der Waals surface area (Å²) in [5.74, 6) is -0.703. The highest BCUT2D eigenvalue weighted by atomic mass is 16.6. The summed E-state index contributed by atoms with van der Waals surface area (Å²) in [6, 6.07) is 11.7. The molecule has 0 spiro atoms. The standard InChI is InChI=1S/C40H48O7/c1-8-40-22-17-28-12-15-30(46-26(3)42)24-32(28)38(40,6)20-10-21-39(40,7)35(44)47-34(43)37(5)19-9-18-36(4)31-23-29(45-25(2)41)14-11-27(31)13-16-33(36)37/h8,11-12,14-15,23-24,33H,1,9-10,13,16-22H2,2-7H3/t33-,36-,37+,38-,39-,40-/m1/s1. The van der Waals surface area contributed by atoms with Crippen LogP contribution in [0.3, 0.4) is 0 Å². The van der Waals surface area contributed by atoms with E-state index in [2.05, 4.69) is 20.4 Å². The molecular weight excluding hydrogens is 592 g/mol. The van der Waals surface area contributed by atoms with Crippen LogP contribution in [0.25, 0.3) is 0 Å². The van der Waals surface area contributed by atoms with Crippen molar-refractivity contribution in [3.8, 4) is 11.5 Å². The maximum absolute atomic E-state index is 14.6. The highest BCUT2D eigenvalue weighted by molar-refractivity contribution is 5.92. The average Bonchev–Trinajstić information content (AvgIpc) is 3.01. The Morgan fingerprint density at radius 2 is 1.34 bits per heavy atom. The lowest BCUT2D eigenvalue weighted by atomic mass is 9.41. The van der Waals surface area contributed by atoms with Crippen LogP contribution in [0.15, 0.2) is 49.1 Å². The number of benzene rings is 2. The molecule has 0 aromatic heterocycles. The normalized spacial score (nSPS) is 34.0. The number of fused-ring (bicyclic) bond motifs is 6. The smallest absolute Gasteiger partial charge is 0.320 e. The second kappa shape index (κ2) is 11.5. The van der Waals surface area contributed by atoms with Crippen molar-refractivity contribution < 1.29 is 33.4 Å². The van der Waals surface area contributed by atoms with Crippen molar-refractivity contribution in [1.82, 2.24) is 0 Å². The van der Waals surface area contributed by atoms with Crippen molar-refractivity contribution >= 4 is 23.9 Å². The molecule has 0 saturated heterocycles. The first-order valence-electron chi connectivity index (χ1n) is 17.2. The number of carbonyl (C=O) groups excluding carboxylic acids is 4. The van der Waals surface area contributed by atoms with Gasteiger partial charge in [0.25, 0.3) is 0 Å². The Hall–Kier alpha value is -3.74.